The first-order valence-electron chi connectivity index (χ1n) is 7.19. The first-order valence-corrected chi connectivity index (χ1v) is 8.07. The van der Waals surface area contributed by atoms with E-state index in [0.717, 1.165) is 16.3 Å². The normalized spacial score (nSPS) is 13.9. The molecule has 0 saturated heterocycles. The second-order valence-electron chi connectivity index (χ2n) is 5.10. The molecule has 0 aliphatic carbocycles. The molecule has 2 N–H and O–H groups in total. The second kappa shape index (κ2) is 6.87. The van der Waals surface area contributed by atoms with Gasteiger partial charge in [-0.25, -0.2) is 4.98 Å². The fourth-order valence-corrected chi connectivity index (χ4v) is 3.04. The highest BCUT2D eigenvalue weighted by Crippen LogP contribution is 2.25. The molecule has 0 aliphatic heterocycles. The van der Waals surface area contributed by atoms with E-state index in [0.29, 0.717) is 12.3 Å². The Morgan fingerprint density at radius 1 is 1.23 bits per heavy atom. The smallest absolute Gasteiger partial charge is 0.133 e. The van der Waals surface area contributed by atoms with Gasteiger partial charge in [0.05, 0.1) is 18.0 Å². The Morgan fingerprint density at radius 3 is 2.77 bits per heavy atom. The zero-order chi connectivity index (χ0) is 15.4. The molecule has 4 nitrogen and oxygen atoms in total. The number of hydrogen-bond donors (Lipinski definition) is 2. The highest BCUT2D eigenvalue weighted by molar-refractivity contribution is 7.10. The lowest BCUT2D eigenvalue weighted by Gasteiger charge is -2.14. The van der Waals surface area contributed by atoms with Gasteiger partial charge >= 0.3 is 0 Å². The zero-order valence-corrected chi connectivity index (χ0v) is 13.1. The summed E-state index contributed by atoms with van der Waals surface area (Å²) in [6.45, 7) is 2.47. The summed E-state index contributed by atoms with van der Waals surface area (Å²) in [6.07, 6.45) is 0.917. The first kappa shape index (κ1) is 15.0. The van der Waals surface area contributed by atoms with E-state index in [4.69, 9.17) is 4.42 Å². The lowest BCUT2D eigenvalue weighted by molar-refractivity contribution is 0.144. The molecule has 0 radical (unpaired) electrons. The lowest BCUT2D eigenvalue weighted by Crippen LogP contribution is -2.24. The average Bonchev–Trinajstić information content (AvgIpc) is 3.24. The van der Waals surface area contributed by atoms with Crippen molar-refractivity contribution in [3.8, 4) is 11.3 Å². The number of nitrogens with one attached hydrogen (secondary N) is 1. The van der Waals surface area contributed by atoms with Gasteiger partial charge in [-0.1, -0.05) is 30.3 Å². The topological polar surface area (TPSA) is 58.3 Å². The molecule has 1 aromatic carbocycles. The second-order valence-corrected chi connectivity index (χ2v) is 5.99. The standard InChI is InChI=1S/C17H18N2O2S/c1-12(18-10-15(20)16-8-5-9-21-16)17-19-14(11-22-17)13-6-3-2-4-7-13/h2-9,11-12,15,18,20H,10H2,1H3. The number of furan rings is 1. The predicted octanol–water partition coefficient (Wildman–Crippen LogP) is 3.79. The van der Waals surface area contributed by atoms with Gasteiger partial charge in [0.25, 0.3) is 0 Å². The third kappa shape index (κ3) is 3.44. The molecule has 5 heteroatoms. The molecule has 2 aromatic heterocycles. The van der Waals surface area contributed by atoms with Crippen LogP contribution in [0.25, 0.3) is 11.3 Å². The summed E-state index contributed by atoms with van der Waals surface area (Å²) in [4.78, 5) is 4.67. The molecule has 0 aliphatic rings. The third-order valence-electron chi connectivity index (χ3n) is 3.45. The third-order valence-corrected chi connectivity index (χ3v) is 4.48. The van der Waals surface area contributed by atoms with E-state index in [1.165, 1.54) is 0 Å². The van der Waals surface area contributed by atoms with Crippen molar-refractivity contribution >= 4 is 11.3 Å². The van der Waals surface area contributed by atoms with Gasteiger partial charge in [-0.05, 0) is 19.1 Å². The molecule has 2 heterocycles. The van der Waals surface area contributed by atoms with Crippen molar-refractivity contribution in [2.75, 3.05) is 6.54 Å². The molecule has 0 bridgehead atoms. The van der Waals surface area contributed by atoms with Crippen LogP contribution in [0.5, 0.6) is 0 Å². The van der Waals surface area contributed by atoms with E-state index < -0.39 is 6.10 Å². The molecular formula is C17H18N2O2S. The van der Waals surface area contributed by atoms with Crippen molar-refractivity contribution in [1.29, 1.82) is 0 Å². The Morgan fingerprint density at radius 2 is 2.05 bits per heavy atom. The number of aromatic nitrogens is 1. The van der Waals surface area contributed by atoms with Gasteiger partial charge in [0, 0.05) is 17.5 Å². The minimum Gasteiger partial charge on any atom is -0.467 e. The minimum absolute atomic E-state index is 0.0760. The number of hydrogen-bond acceptors (Lipinski definition) is 5. The number of aliphatic hydroxyl groups is 1. The zero-order valence-electron chi connectivity index (χ0n) is 12.3. The van der Waals surface area contributed by atoms with Crippen LogP contribution in [-0.2, 0) is 0 Å². The summed E-state index contributed by atoms with van der Waals surface area (Å²) in [6, 6.07) is 13.7. The van der Waals surface area contributed by atoms with Gasteiger partial charge in [0.15, 0.2) is 0 Å². The van der Waals surface area contributed by atoms with Crippen LogP contribution in [0.3, 0.4) is 0 Å². The predicted molar refractivity (Wildman–Crippen MR) is 87.6 cm³/mol. The fourth-order valence-electron chi connectivity index (χ4n) is 2.19. The fraction of sp³-hybridized carbons (Fsp3) is 0.235. The Bertz CT molecular complexity index is 695. The largest absolute Gasteiger partial charge is 0.467 e. The first-order chi connectivity index (χ1) is 10.7. The number of benzene rings is 1. The summed E-state index contributed by atoms with van der Waals surface area (Å²) in [5.74, 6) is 0.573. The van der Waals surface area contributed by atoms with Crippen molar-refractivity contribution in [2.45, 2.75) is 19.1 Å². The molecule has 0 fully saturated rings. The maximum Gasteiger partial charge on any atom is 0.133 e. The van der Waals surface area contributed by atoms with Crippen LogP contribution >= 0.6 is 11.3 Å². The molecule has 2 unspecified atom stereocenters. The van der Waals surface area contributed by atoms with Crippen LogP contribution < -0.4 is 5.32 Å². The van der Waals surface area contributed by atoms with E-state index >= 15 is 0 Å². The van der Waals surface area contributed by atoms with E-state index in [2.05, 4.69) is 27.8 Å². The van der Waals surface area contributed by atoms with Gasteiger partial charge in [-0.3, -0.25) is 0 Å². The molecule has 22 heavy (non-hydrogen) atoms. The van der Waals surface area contributed by atoms with Gasteiger partial charge in [0.1, 0.15) is 16.9 Å². The SMILES string of the molecule is CC(NCC(O)c1ccco1)c1nc(-c2ccccc2)cs1. The summed E-state index contributed by atoms with van der Waals surface area (Å²) in [5, 5.41) is 16.4. The molecule has 114 valence electrons. The number of thiazole rings is 1. The van der Waals surface area contributed by atoms with Crippen molar-refractivity contribution in [1.82, 2.24) is 10.3 Å². The summed E-state index contributed by atoms with van der Waals surface area (Å²) < 4.78 is 5.19. The van der Waals surface area contributed by atoms with E-state index in [1.54, 1.807) is 29.7 Å². The monoisotopic (exact) mass is 314 g/mol. The van der Waals surface area contributed by atoms with Crippen LogP contribution in [0.15, 0.2) is 58.5 Å². The molecule has 0 spiro atoms. The van der Waals surface area contributed by atoms with Crippen LogP contribution in [0.1, 0.15) is 29.8 Å². The Labute approximate surface area is 133 Å². The van der Waals surface area contributed by atoms with Crippen molar-refractivity contribution in [2.24, 2.45) is 0 Å². The van der Waals surface area contributed by atoms with Crippen LogP contribution in [0, 0.1) is 0 Å². The van der Waals surface area contributed by atoms with Crippen molar-refractivity contribution in [3.63, 3.8) is 0 Å². The van der Waals surface area contributed by atoms with Crippen molar-refractivity contribution in [3.05, 3.63) is 64.9 Å². The molecule has 0 amide bonds. The average molecular weight is 314 g/mol. The van der Waals surface area contributed by atoms with Gasteiger partial charge in [-0.15, -0.1) is 11.3 Å². The van der Waals surface area contributed by atoms with E-state index in [-0.39, 0.29) is 6.04 Å². The number of nitrogens with zero attached hydrogens (tertiary/aromatic N) is 1. The number of aliphatic hydroxyl groups excluding tert-OH is 1. The van der Waals surface area contributed by atoms with E-state index in [9.17, 15) is 5.11 Å². The maximum absolute atomic E-state index is 10.0. The Balaban J connectivity index is 1.61. The highest BCUT2D eigenvalue weighted by Gasteiger charge is 2.15. The molecule has 3 aromatic rings. The van der Waals surface area contributed by atoms with E-state index in [1.807, 2.05) is 25.1 Å². The Hall–Kier alpha value is -1.95. The van der Waals surface area contributed by atoms with Gasteiger partial charge < -0.3 is 14.8 Å². The lowest BCUT2D eigenvalue weighted by atomic mass is 10.2. The van der Waals surface area contributed by atoms with Crippen LogP contribution in [-0.4, -0.2) is 16.6 Å². The minimum atomic E-state index is -0.647. The molecule has 0 saturated carbocycles. The maximum atomic E-state index is 10.0. The molecule has 2 atom stereocenters. The van der Waals surface area contributed by atoms with Gasteiger partial charge in [0.2, 0.25) is 0 Å². The Kier molecular flexibility index (Phi) is 4.68. The van der Waals surface area contributed by atoms with Crippen LogP contribution in [0.4, 0.5) is 0 Å². The quantitative estimate of drug-likeness (QED) is 0.727. The summed E-state index contributed by atoms with van der Waals surface area (Å²) >= 11 is 1.62. The molecular weight excluding hydrogens is 296 g/mol. The highest BCUT2D eigenvalue weighted by atomic mass is 32.1. The van der Waals surface area contributed by atoms with Gasteiger partial charge in [-0.2, -0.15) is 0 Å². The number of rotatable bonds is 6. The summed E-state index contributed by atoms with van der Waals surface area (Å²) in [7, 11) is 0. The molecule has 3 rings (SSSR count). The van der Waals surface area contributed by atoms with Crippen molar-refractivity contribution < 1.29 is 9.52 Å². The summed E-state index contributed by atoms with van der Waals surface area (Å²) in [5.41, 5.74) is 2.11. The van der Waals surface area contributed by atoms with Crippen LogP contribution in [0.2, 0.25) is 0 Å².